The van der Waals surface area contributed by atoms with E-state index < -0.39 is 0 Å². The van der Waals surface area contributed by atoms with Gasteiger partial charge < -0.3 is 24.6 Å². The summed E-state index contributed by atoms with van der Waals surface area (Å²) >= 11 is 0. The second-order valence-corrected chi connectivity index (χ2v) is 17.7. The zero-order valence-corrected chi connectivity index (χ0v) is 54.3. The van der Waals surface area contributed by atoms with Crippen LogP contribution in [0.15, 0.2) is 0 Å². The number of aliphatic hydroxyl groups is 2. The molecule has 0 amide bonds. The first-order valence-corrected chi connectivity index (χ1v) is 29.6. The van der Waals surface area contributed by atoms with Gasteiger partial charge in [-0.2, -0.15) is 0 Å². The number of rotatable bonds is 32. The van der Waals surface area contributed by atoms with Crippen LogP contribution >= 0.6 is 0 Å². The molecular weight excluding hydrogens is 908 g/mol. The van der Waals surface area contributed by atoms with Gasteiger partial charge in [0.15, 0.2) is 0 Å². The quantitative estimate of drug-likeness (QED) is 0.0494. The smallest absolute Gasteiger partial charge is 0.146 e. The molecule has 0 aromatic rings. The van der Waals surface area contributed by atoms with Gasteiger partial charge in [0.2, 0.25) is 0 Å². The third kappa shape index (κ3) is 166. The Hall–Kier alpha value is -1.64. The molecule has 0 saturated carbocycles. The van der Waals surface area contributed by atoms with Crippen molar-refractivity contribution in [1.29, 1.82) is 0 Å². The van der Waals surface area contributed by atoms with E-state index in [9.17, 15) is 33.6 Å². The van der Waals surface area contributed by atoms with Crippen molar-refractivity contribution >= 4 is 68.1 Å². The second-order valence-electron chi connectivity index (χ2n) is 17.7. The van der Waals surface area contributed by atoms with Crippen LogP contribution in [0.1, 0.15) is 317 Å². The Morgan fingerprint density at radius 1 is 0.343 bits per heavy atom. The van der Waals surface area contributed by atoms with E-state index in [0.717, 1.165) is 135 Å². The van der Waals surface area contributed by atoms with Crippen LogP contribution < -0.4 is 0 Å². The topological polar surface area (TPSA) is 160 Å². The molecule has 0 aliphatic heterocycles. The number of ketones is 7. The number of aliphatic hydroxyl groups excluding tert-OH is 2. The summed E-state index contributed by atoms with van der Waals surface area (Å²) in [6, 6.07) is 0. The molecule has 0 atom stereocenters. The summed E-state index contributed by atoms with van der Waals surface area (Å²) in [4.78, 5) is 73.7. The molecule has 0 aliphatic carbocycles. The molecule has 0 aromatic carbocycles. The Labute approximate surface area is 452 Å². The highest BCUT2D eigenvalue weighted by Crippen LogP contribution is 2.08. The lowest BCUT2D eigenvalue weighted by molar-refractivity contribution is -0.120. The van der Waals surface area contributed by atoms with Crippen molar-refractivity contribution in [3.8, 4) is 0 Å². The van der Waals surface area contributed by atoms with E-state index >= 15 is 0 Å². The Bertz CT molecular complexity index is 978. The molecule has 2 N–H and O–H groups in total. The summed E-state index contributed by atoms with van der Waals surface area (Å²) in [7, 11) is 1.86. The molecule has 0 fully saturated rings. The Morgan fingerprint density at radius 3 is 0.729 bits per heavy atom. The van der Waals surface area contributed by atoms with Gasteiger partial charge in [-0.3, -0.25) is 19.2 Å². The third-order valence-electron chi connectivity index (χ3n) is 8.71. The van der Waals surface area contributed by atoms with Gasteiger partial charge in [-0.15, -0.1) is 0 Å². The van der Waals surface area contributed by atoms with Gasteiger partial charge in [0.1, 0.15) is 57.8 Å². The number of hydrogen-bond donors (Lipinski definition) is 2. The largest absolute Gasteiger partial charge is 0.397 e. The minimum atomic E-state index is 0. The van der Waals surface area contributed by atoms with Gasteiger partial charge in [-0.05, 0) is 105 Å². The summed E-state index contributed by atoms with van der Waals surface area (Å²) < 4.78 is 0. The number of carbonyl (C=O) groups is 7. The van der Waals surface area contributed by atoms with Crippen molar-refractivity contribution in [2.75, 3.05) is 13.2 Å². The molecule has 0 aromatic heterocycles. The highest BCUT2D eigenvalue weighted by Gasteiger charge is 2.04. The van der Waals surface area contributed by atoms with Crippen molar-refractivity contribution in [3.05, 3.63) is 0 Å². The molecule has 0 bridgehead atoms. The number of Topliss-reactive ketones (excluding diaryl/α,β-unsaturated/α-hetero) is 7. The molecule has 424 valence electrons. The van der Waals surface area contributed by atoms with E-state index in [1.165, 1.54) is 78.1 Å². The SMILES string of the molecule is CC(C)=O.CCCC(=O)CCC.CCCC(C)=O.CCCCCC(=O)CC(C)C.CCCCCC(=O)CCC.CCCCCC(=O)CCCCC.CCCCCC(C)=O.CCCCO.CCO.C[SiH2].[AlH2]. The van der Waals surface area contributed by atoms with Gasteiger partial charge in [0.25, 0.3) is 0 Å². The van der Waals surface area contributed by atoms with Gasteiger partial charge in [0.05, 0.1) is 0 Å². The van der Waals surface area contributed by atoms with Crippen LogP contribution in [0.4, 0.5) is 0 Å². The predicted octanol–water partition coefficient (Wildman–Crippen LogP) is 15.6. The highest BCUT2D eigenvalue weighted by atomic mass is 28.1. The fourth-order valence-electron chi connectivity index (χ4n) is 5.19. The van der Waals surface area contributed by atoms with Crippen LogP contribution in [0.25, 0.3) is 0 Å². The summed E-state index contributed by atoms with van der Waals surface area (Å²) in [5, 5.41) is 15.6. The van der Waals surface area contributed by atoms with Gasteiger partial charge in [-0.25, -0.2) is 0 Å². The summed E-state index contributed by atoms with van der Waals surface area (Å²) in [5.41, 5.74) is 0. The predicted molar refractivity (Wildman–Crippen MR) is 315 cm³/mol. The van der Waals surface area contributed by atoms with E-state index in [-0.39, 0.29) is 35.5 Å². The van der Waals surface area contributed by atoms with Crippen molar-refractivity contribution in [3.63, 3.8) is 0 Å². The molecule has 0 unspecified atom stereocenters. The van der Waals surface area contributed by atoms with Crippen molar-refractivity contribution in [2.24, 2.45) is 5.92 Å². The lowest BCUT2D eigenvalue weighted by atomic mass is 10.0. The second kappa shape index (κ2) is 96.8. The standard InChI is InChI=1S/C11H22O.C10H20O.C9H18O.2C7H14O.C5H10O.C4H10O.C3H6O.C2H6O.CH5Si.Al.2H/c1-3-5-7-9-11(12)10-8-6-4-2;1-4-5-6-7-10(11)8-9(2)3;1-3-5-6-8-9(10)7-4-2;1-3-4-5-6-7(2)8;1-3-5-7(8)6-4-2;1-3-4-5(2)6;1-2-3-4-5;1-3(2)4;1-2-3;1-2;;;/h3-10H2,1-2H3;9H,4-8H2,1-3H3;3-8H2,1-2H3;2*3-6H2,1-2H3;3-4H2,1-2H3;5H,2-4H2,1H3;1-2H3;3H,2H2,1H3;2H2,1H3;;;. The van der Waals surface area contributed by atoms with Crippen molar-refractivity contribution in [1.82, 2.24) is 0 Å². The van der Waals surface area contributed by atoms with E-state index in [2.05, 4.69) is 62.3 Å². The third-order valence-corrected chi connectivity index (χ3v) is 8.71. The summed E-state index contributed by atoms with van der Waals surface area (Å²) in [6.07, 6.45) is 31.4. The van der Waals surface area contributed by atoms with Crippen LogP contribution in [-0.4, -0.2) is 91.5 Å². The first-order valence-electron chi connectivity index (χ1n) is 28.1. The van der Waals surface area contributed by atoms with Crippen LogP contribution in [0, 0.1) is 5.92 Å². The zero-order valence-electron chi connectivity index (χ0n) is 50.9. The van der Waals surface area contributed by atoms with E-state index in [0.29, 0.717) is 41.4 Å². The lowest BCUT2D eigenvalue weighted by Gasteiger charge is -2.02. The highest BCUT2D eigenvalue weighted by molar-refractivity contribution is 6.05. The fraction of sp³-hybridized carbons (Fsp3) is 0.881. The van der Waals surface area contributed by atoms with Crippen LogP contribution in [-0.2, 0) is 33.6 Å². The molecule has 70 heavy (non-hydrogen) atoms. The molecule has 11 heteroatoms. The Kier molecular flexibility index (Phi) is 130. The van der Waals surface area contributed by atoms with Crippen LogP contribution in [0.5, 0.6) is 0 Å². The van der Waals surface area contributed by atoms with E-state index in [4.69, 9.17) is 10.2 Å². The molecule has 0 rings (SSSR count). The number of hydrogen-bond acceptors (Lipinski definition) is 9. The molecule has 9 nitrogen and oxygen atoms in total. The average molecular weight is 1040 g/mol. The molecule has 0 aliphatic rings. The first-order chi connectivity index (χ1) is 32.7. The molecular formula is C59H127AlO9Si. The van der Waals surface area contributed by atoms with E-state index in [1.807, 2.05) is 37.6 Å². The average Bonchev–Trinajstić information content (AvgIpc) is 3.27. The van der Waals surface area contributed by atoms with Crippen molar-refractivity contribution in [2.45, 2.75) is 323 Å². The number of carbonyl (C=O) groups excluding carboxylic acids is 7. The van der Waals surface area contributed by atoms with Gasteiger partial charge in [0, 0.05) is 87.7 Å². The first kappa shape index (κ1) is 94.3. The maximum atomic E-state index is 11.2. The number of unbranched alkanes of at least 4 members (excludes halogenated alkanes) is 11. The molecule has 0 spiro atoms. The minimum Gasteiger partial charge on any atom is -0.397 e. The Balaban J connectivity index is -0.0000000632. The van der Waals surface area contributed by atoms with Gasteiger partial charge >= 0.3 is 0 Å². The monoisotopic (exact) mass is 1030 g/mol. The maximum absolute atomic E-state index is 11.2. The van der Waals surface area contributed by atoms with Gasteiger partial charge in [-0.1, -0.05) is 160 Å². The van der Waals surface area contributed by atoms with Crippen LogP contribution in [0.2, 0.25) is 6.55 Å². The minimum absolute atomic E-state index is 0. The van der Waals surface area contributed by atoms with Crippen LogP contribution in [0.3, 0.4) is 0 Å². The Morgan fingerprint density at radius 2 is 0.557 bits per heavy atom. The summed E-state index contributed by atoms with van der Waals surface area (Å²) in [5.74, 6) is 3.07. The molecule has 0 saturated heterocycles. The zero-order chi connectivity index (χ0) is 56.0. The molecule has 2 radical (unpaired) electrons. The maximum Gasteiger partial charge on any atom is 0.146 e. The van der Waals surface area contributed by atoms with E-state index in [1.54, 1.807) is 20.8 Å². The normalized spacial score (nSPS) is 8.94. The lowest BCUT2D eigenvalue weighted by Crippen LogP contribution is -2.01. The molecule has 0 heterocycles. The summed E-state index contributed by atoms with van der Waals surface area (Å²) in [6.45, 7) is 35.8. The van der Waals surface area contributed by atoms with Crippen molar-refractivity contribution < 1.29 is 43.8 Å². The fourth-order valence-corrected chi connectivity index (χ4v) is 5.19.